The Morgan fingerprint density at radius 2 is 2.19 bits per heavy atom. The number of nitrogens with one attached hydrogen (secondary N) is 2. The van der Waals surface area contributed by atoms with E-state index < -0.39 is 0 Å². The van der Waals surface area contributed by atoms with Gasteiger partial charge in [0.25, 0.3) is 0 Å². The Labute approximate surface area is 157 Å². The molecule has 0 saturated carbocycles. The first-order valence-electron chi connectivity index (χ1n) is 8.70. The van der Waals surface area contributed by atoms with Gasteiger partial charge in [0.1, 0.15) is 12.1 Å². The van der Waals surface area contributed by atoms with Crippen LogP contribution in [0.5, 0.6) is 0 Å². The van der Waals surface area contributed by atoms with Crippen molar-refractivity contribution in [1.82, 2.24) is 20.1 Å². The van der Waals surface area contributed by atoms with E-state index in [9.17, 15) is 9.90 Å². The molecule has 0 aliphatic rings. The molecule has 1 atom stereocenters. The monoisotopic (exact) mass is 369 g/mol. The Bertz CT molecular complexity index is 889. The predicted molar refractivity (Wildman–Crippen MR) is 101 cm³/mol. The Morgan fingerprint density at radius 1 is 1.33 bits per heavy atom. The maximum absolute atomic E-state index is 12.3. The number of furan rings is 1. The summed E-state index contributed by atoms with van der Waals surface area (Å²) in [5, 5.41) is 23.2. The molecule has 142 valence electrons. The van der Waals surface area contributed by atoms with Crippen LogP contribution in [-0.4, -0.2) is 39.1 Å². The van der Waals surface area contributed by atoms with Gasteiger partial charge >= 0.3 is 6.03 Å². The number of urea groups is 1. The van der Waals surface area contributed by atoms with E-state index in [0.29, 0.717) is 18.7 Å². The van der Waals surface area contributed by atoms with Crippen LogP contribution >= 0.6 is 0 Å². The summed E-state index contributed by atoms with van der Waals surface area (Å²) in [5.41, 5.74) is 2.50. The van der Waals surface area contributed by atoms with E-state index in [4.69, 9.17) is 4.42 Å². The number of hydrogen-bond acceptors (Lipinski definition) is 5. The van der Waals surface area contributed by atoms with Gasteiger partial charge in [0.05, 0.1) is 6.26 Å². The van der Waals surface area contributed by atoms with Crippen molar-refractivity contribution in [2.45, 2.75) is 13.3 Å². The van der Waals surface area contributed by atoms with E-state index >= 15 is 0 Å². The fourth-order valence-corrected chi connectivity index (χ4v) is 2.86. The number of aryl methyl sites for hydroxylation is 1. The standard InChI is InChI=1S/C19H23N5O3/c1-13-16(18-23-21-12-24(18)2)6-3-7-17(13)22-19(26)20-10-14(11-25)9-15-5-4-8-27-15/h3-8,12,14,25H,9-11H2,1-2H3,(H2,20,22,26). The van der Waals surface area contributed by atoms with Gasteiger partial charge in [-0.25, -0.2) is 4.79 Å². The number of benzene rings is 1. The van der Waals surface area contributed by atoms with Crippen molar-refractivity contribution in [3.05, 3.63) is 54.2 Å². The molecular formula is C19H23N5O3. The van der Waals surface area contributed by atoms with Crippen molar-refractivity contribution in [2.75, 3.05) is 18.5 Å². The third-order valence-electron chi connectivity index (χ3n) is 4.41. The first-order valence-corrected chi connectivity index (χ1v) is 8.70. The number of anilines is 1. The highest BCUT2D eigenvalue weighted by atomic mass is 16.3. The Hall–Kier alpha value is -3.13. The fraction of sp³-hybridized carbons (Fsp3) is 0.316. The van der Waals surface area contributed by atoms with E-state index in [1.807, 2.05) is 42.8 Å². The summed E-state index contributed by atoms with van der Waals surface area (Å²) in [5.74, 6) is 1.40. The summed E-state index contributed by atoms with van der Waals surface area (Å²) >= 11 is 0. The van der Waals surface area contributed by atoms with Crippen LogP contribution in [0.2, 0.25) is 0 Å². The SMILES string of the molecule is Cc1c(NC(=O)NCC(CO)Cc2ccco2)cccc1-c1nncn1C. The highest BCUT2D eigenvalue weighted by Crippen LogP contribution is 2.26. The Balaban J connectivity index is 1.61. The van der Waals surface area contributed by atoms with Crippen molar-refractivity contribution in [3.63, 3.8) is 0 Å². The zero-order chi connectivity index (χ0) is 19.2. The number of carbonyl (C=O) groups is 1. The summed E-state index contributed by atoms with van der Waals surface area (Å²) in [6.07, 6.45) is 3.79. The van der Waals surface area contributed by atoms with Gasteiger partial charge in [0, 0.05) is 43.8 Å². The number of hydrogen-bond donors (Lipinski definition) is 3. The van der Waals surface area contributed by atoms with Crippen molar-refractivity contribution in [3.8, 4) is 11.4 Å². The van der Waals surface area contributed by atoms with Gasteiger partial charge in [0.15, 0.2) is 5.82 Å². The number of aliphatic hydroxyl groups is 1. The minimum Gasteiger partial charge on any atom is -0.469 e. The van der Waals surface area contributed by atoms with Gasteiger partial charge < -0.3 is 24.7 Å². The largest absolute Gasteiger partial charge is 0.469 e. The van der Waals surface area contributed by atoms with E-state index in [1.54, 1.807) is 18.7 Å². The number of aromatic nitrogens is 3. The molecule has 0 fully saturated rings. The molecular weight excluding hydrogens is 346 g/mol. The van der Waals surface area contributed by atoms with Crippen LogP contribution in [0.1, 0.15) is 11.3 Å². The first-order chi connectivity index (χ1) is 13.1. The molecule has 0 spiro atoms. The third-order valence-corrected chi connectivity index (χ3v) is 4.41. The molecule has 27 heavy (non-hydrogen) atoms. The molecule has 8 nitrogen and oxygen atoms in total. The normalized spacial score (nSPS) is 12.0. The van der Waals surface area contributed by atoms with Crippen LogP contribution < -0.4 is 10.6 Å². The van der Waals surface area contributed by atoms with E-state index in [1.165, 1.54) is 0 Å². The van der Waals surface area contributed by atoms with Gasteiger partial charge in [-0.2, -0.15) is 0 Å². The molecule has 1 aromatic carbocycles. The summed E-state index contributed by atoms with van der Waals surface area (Å²) in [7, 11) is 1.87. The average molecular weight is 369 g/mol. The molecule has 0 aliphatic carbocycles. The van der Waals surface area contributed by atoms with Crippen LogP contribution in [-0.2, 0) is 13.5 Å². The van der Waals surface area contributed by atoms with Crippen molar-refractivity contribution >= 4 is 11.7 Å². The molecule has 0 radical (unpaired) electrons. The topological polar surface area (TPSA) is 105 Å². The molecule has 1 unspecified atom stereocenters. The summed E-state index contributed by atoms with van der Waals surface area (Å²) < 4.78 is 7.12. The number of amides is 2. The number of aliphatic hydroxyl groups excluding tert-OH is 1. The van der Waals surface area contributed by atoms with Gasteiger partial charge in [0.2, 0.25) is 0 Å². The molecule has 2 amide bonds. The van der Waals surface area contributed by atoms with E-state index in [-0.39, 0.29) is 18.6 Å². The summed E-state index contributed by atoms with van der Waals surface area (Å²) in [6, 6.07) is 8.96. The lowest BCUT2D eigenvalue weighted by Crippen LogP contribution is -2.35. The molecule has 2 heterocycles. The maximum atomic E-state index is 12.3. The average Bonchev–Trinajstić information content (AvgIpc) is 3.32. The Morgan fingerprint density at radius 3 is 2.85 bits per heavy atom. The molecule has 0 aliphatic heterocycles. The van der Waals surface area contributed by atoms with Gasteiger partial charge in [-0.05, 0) is 30.7 Å². The fourth-order valence-electron chi connectivity index (χ4n) is 2.86. The maximum Gasteiger partial charge on any atom is 0.319 e. The first kappa shape index (κ1) is 18.7. The molecule has 3 rings (SSSR count). The molecule has 2 aromatic heterocycles. The number of nitrogens with zero attached hydrogens (tertiary/aromatic N) is 3. The van der Waals surface area contributed by atoms with E-state index in [0.717, 1.165) is 22.7 Å². The second kappa shape index (κ2) is 8.50. The van der Waals surface area contributed by atoms with E-state index in [2.05, 4.69) is 20.8 Å². The van der Waals surface area contributed by atoms with Gasteiger partial charge in [-0.15, -0.1) is 10.2 Å². The molecule has 0 saturated heterocycles. The zero-order valence-corrected chi connectivity index (χ0v) is 15.3. The van der Waals surface area contributed by atoms with Crippen LogP contribution in [0, 0.1) is 12.8 Å². The van der Waals surface area contributed by atoms with Crippen molar-refractivity contribution in [1.29, 1.82) is 0 Å². The lowest BCUT2D eigenvalue weighted by atomic mass is 10.1. The van der Waals surface area contributed by atoms with Crippen molar-refractivity contribution < 1.29 is 14.3 Å². The minimum atomic E-state index is -0.328. The lowest BCUT2D eigenvalue weighted by molar-refractivity contribution is 0.213. The smallest absolute Gasteiger partial charge is 0.319 e. The van der Waals surface area contributed by atoms with Crippen LogP contribution in [0.4, 0.5) is 10.5 Å². The molecule has 3 N–H and O–H groups in total. The van der Waals surface area contributed by atoms with Crippen LogP contribution in [0.3, 0.4) is 0 Å². The third kappa shape index (κ3) is 4.53. The van der Waals surface area contributed by atoms with Crippen LogP contribution in [0.15, 0.2) is 47.3 Å². The van der Waals surface area contributed by atoms with Crippen molar-refractivity contribution in [2.24, 2.45) is 13.0 Å². The number of carbonyl (C=O) groups excluding carboxylic acids is 1. The quantitative estimate of drug-likeness (QED) is 0.593. The highest BCUT2D eigenvalue weighted by Gasteiger charge is 2.14. The lowest BCUT2D eigenvalue weighted by Gasteiger charge is -2.16. The number of rotatable bonds is 7. The predicted octanol–water partition coefficient (Wildman–Crippen LogP) is 2.36. The second-order valence-corrected chi connectivity index (χ2v) is 6.41. The summed E-state index contributed by atoms with van der Waals surface area (Å²) in [6.45, 7) is 2.22. The van der Waals surface area contributed by atoms with Gasteiger partial charge in [-0.1, -0.05) is 12.1 Å². The molecule has 0 bridgehead atoms. The van der Waals surface area contributed by atoms with Crippen LogP contribution in [0.25, 0.3) is 11.4 Å². The molecule has 3 aromatic rings. The minimum absolute atomic E-state index is 0.0400. The van der Waals surface area contributed by atoms with Gasteiger partial charge in [-0.3, -0.25) is 0 Å². The Kier molecular flexibility index (Phi) is 5.87. The highest BCUT2D eigenvalue weighted by molar-refractivity contribution is 5.91. The zero-order valence-electron chi connectivity index (χ0n) is 15.3. The second-order valence-electron chi connectivity index (χ2n) is 6.41. The molecule has 8 heteroatoms. The summed E-state index contributed by atoms with van der Waals surface area (Å²) in [4.78, 5) is 12.3.